The summed E-state index contributed by atoms with van der Waals surface area (Å²) in [7, 11) is 0. The number of thioether (sulfide) groups is 1. The van der Waals surface area contributed by atoms with Crippen LogP contribution in [0.5, 0.6) is 0 Å². The number of benzene rings is 1. The fourth-order valence-electron chi connectivity index (χ4n) is 1.73. The van der Waals surface area contributed by atoms with E-state index in [2.05, 4.69) is 5.32 Å². The molecule has 0 radical (unpaired) electrons. The van der Waals surface area contributed by atoms with E-state index in [9.17, 15) is 9.59 Å². The second-order valence-electron chi connectivity index (χ2n) is 5.09. The third-order valence-electron chi connectivity index (χ3n) is 2.66. The Hall–Kier alpha value is -1.49. The van der Waals surface area contributed by atoms with E-state index in [1.54, 1.807) is 6.92 Å². The molecule has 21 heavy (non-hydrogen) atoms. The minimum Gasteiger partial charge on any atom is -0.464 e. The summed E-state index contributed by atoms with van der Waals surface area (Å²) >= 11 is 1.53. The van der Waals surface area contributed by atoms with Gasteiger partial charge in [0.15, 0.2) is 0 Å². The van der Waals surface area contributed by atoms with Crippen LogP contribution in [0.2, 0.25) is 0 Å². The molecule has 0 fully saturated rings. The Balaban J connectivity index is 2.59. The minimum atomic E-state index is -0.610. The van der Waals surface area contributed by atoms with Gasteiger partial charge in [-0.25, -0.2) is 4.79 Å². The first-order valence-electron chi connectivity index (χ1n) is 7.16. The molecule has 0 saturated heterocycles. The highest BCUT2D eigenvalue weighted by Crippen LogP contribution is 2.18. The van der Waals surface area contributed by atoms with Gasteiger partial charge in [0, 0.05) is 17.1 Å². The lowest BCUT2D eigenvalue weighted by Crippen LogP contribution is -2.44. The Kier molecular flexibility index (Phi) is 7.90. The molecule has 0 aliphatic rings. The lowest BCUT2D eigenvalue weighted by atomic mass is 10.1. The Bertz CT molecular complexity index is 448. The summed E-state index contributed by atoms with van der Waals surface area (Å²) in [5.41, 5.74) is 0. The molecule has 0 bridgehead atoms. The highest BCUT2D eigenvalue weighted by molar-refractivity contribution is 7.99. The van der Waals surface area contributed by atoms with Crippen molar-refractivity contribution in [2.75, 3.05) is 12.4 Å². The summed E-state index contributed by atoms with van der Waals surface area (Å²) in [5, 5.41) is 2.77. The second-order valence-corrected chi connectivity index (χ2v) is 6.19. The molecule has 5 heteroatoms. The zero-order valence-electron chi connectivity index (χ0n) is 12.8. The van der Waals surface area contributed by atoms with Gasteiger partial charge in [-0.2, -0.15) is 0 Å². The van der Waals surface area contributed by atoms with Gasteiger partial charge in [0.2, 0.25) is 5.91 Å². The number of carbonyl (C=O) groups excluding carboxylic acids is 2. The number of hydrogen-bond donors (Lipinski definition) is 1. The van der Waals surface area contributed by atoms with Crippen molar-refractivity contribution >= 4 is 23.6 Å². The number of esters is 1. The zero-order chi connectivity index (χ0) is 15.7. The van der Waals surface area contributed by atoms with Gasteiger partial charge in [0.05, 0.1) is 6.61 Å². The quantitative estimate of drug-likeness (QED) is 0.592. The van der Waals surface area contributed by atoms with Gasteiger partial charge in [-0.05, 0) is 25.0 Å². The summed E-state index contributed by atoms with van der Waals surface area (Å²) in [6.07, 6.45) is 0.409. The van der Waals surface area contributed by atoms with Crippen LogP contribution in [0, 0.1) is 5.92 Å². The number of amides is 1. The van der Waals surface area contributed by atoms with Crippen LogP contribution in [0.4, 0.5) is 0 Å². The molecule has 1 aromatic rings. The summed E-state index contributed by atoms with van der Waals surface area (Å²) in [6.45, 7) is 6.01. The van der Waals surface area contributed by atoms with Crippen molar-refractivity contribution in [3.05, 3.63) is 30.3 Å². The number of carbonyl (C=O) groups is 2. The standard InChI is InChI=1S/C16H23NO3S/c1-4-20-16(19)14(17-15(18)10-12(2)3)11-21-13-8-6-5-7-9-13/h5-9,12,14H,4,10-11H2,1-3H3,(H,17,18). The van der Waals surface area contributed by atoms with Crippen molar-refractivity contribution in [3.8, 4) is 0 Å². The lowest BCUT2D eigenvalue weighted by Gasteiger charge is -2.17. The molecular formula is C16H23NO3S. The van der Waals surface area contributed by atoms with E-state index in [0.717, 1.165) is 4.90 Å². The molecule has 1 aromatic carbocycles. The van der Waals surface area contributed by atoms with E-state index in [4.69, 9.17) is 4.74 Å². The maximum atomic E-state index is 11.9. The smallest absolute Gasteiger partial charge is 0.329 e. The first kappa shape index (κ1) is 17.6. The van der Waals surface area contributed by atoms with E-state index in [-0.39, 0.29) is 17.8 Å². The van der Waals surface area contributed by atoms with Gasteiger partial charge in [-0.1, -0.05) is 32.0 Å². The average Bonchev–Trinajstić information content (AvgIpc) is 2.44. The van der Waals surface area contributed by atoms with Crippen LogP contribution in [0.15, 0.2) is 35.2 Å². The van der Waals surface area contributed by atoms with Crippen molar-refractivity contribution < 1.29 is 14.3 Å². The molecule has 1 amide bonds. The molecular weight excluding hydrogens is 286 g/mol. The fourth-order valence-corrected chi connectivity index (χ4v) is 2.66. The highest BCUT2D eigenvalue weighted by atomic mass is 32.2. The van der Waals surface area contributed by atoms with Crippen molar-refractivity contribution in [2.45, 2.75) is 38.1 Å². The Morgan fingerprint density at radius 2 is 1.90 bits per heavy atom. The molecule has 4 nitrogen and oxygen atoms in total. The molecule has 0 saturated carbocycles. The van der Waals surface area contributed by atoms with Gasteiger partial charge < -0.3 is 10.1 Å². The molecule has 0 heterocycles. The van der Waals surface area contributed by atoms with Gasteiger partial charge >= 0.3 is 5.97 Å². The number of rotatable bonds is 8. The van der Waals surface area contributed by atoms with Crippen LogP contribution in [0.1, 0.15) is 27.2 Å². The predicted octanol–water partition coefficient (Wildman–Crippen LogP) is 2.87. The van der Waals surface area contributed by atoms with Gasteiger partial charge in [-0.15, -0.1) is 11.8 Å². The molecule has 0 aromatic heterocycles. The van der Waals surface area contributed by atoms with Crippen LogP contribution in [-0.4, -0.2) is 30.3 Å². The minimum absolute atomic E-state index is 0.114. The maximum Gasteiger partial charge on any atom is 0.329 e. The van der Waals surface area contributed by atoms with E-state index >= 15 is 0 Å². The molecule has 1 rings (SSSR count). The summed E-state index contributed by atoms with van der Waals surface area (Å²) in [5.74, 6) is 0.233. The van der Waals surface area contributed by atoms with Crippen molar-refractivity contribution in [1.29, 1.82) is 0 Å². The van der Waals surface area contributed by atoms with Gasteiger partial charge in [0.1, 0.15) is 6.04 Å². The van der Waals surface area contributed by atoms with E-state index < -0.39 is 6.04 Å². The Labute approximate surface area is 130 Å². The summed E-state index contributed by atoms with van der Waals surface area (Å²) in [6, 6.07) is 9.17. The van der Waals surface area contributed by atoms with Crippen LogP contribution in [0.25, 0.3) is 0 Å². The monoisotopic (exact) mass is 309 g/mol. The summed E-state index contributed by atoms with van der Waals surface area (Å²) in [4.78, 5) is 24.9. The number of ether oxygens (including phenoxy) is 1. The maximum absolute atomic E-state index is 11.9. The third kappa shape index (κ3) is 7.18. The summed E-state index contributed by atoms with van der Waals surface area (Å²) < 4.78 is 5.03. The van der Waals surface area contributed by atoms with E-state index in [1.165, 1.54) is 11.8 Å². The Morgan fingerprint density at radius 3 is 2.48 bits per heavy atom. The van der Waals surface area contributed by atoms with Gasteiger partial charge in [0.25, 0.3) is 0 Å². The van der Waals surface area contributed by atoms with Crippen molar-refractivity contribution in [3.63, 3.8) is 0 Å². The molecule has 0 aliphatic heterocycles. The number of hydrogen-bond acceptors (Lipinski definition) is 4. The fraction of sp³-hybridized carbons (Fsp3) is 0.500. The van der Waals surface area contributed by atoms with E-state index in [0.29, 0.717) is 18.8 Å². The first-order valence-corrected chi connectivity index (χ1v) is 8.15. The van der Waals surface area contributed by atoms with Crippen LogP contribution >= 0.6 is 11.8 Å². The largest absolute Gasteiger partial charge is 0.464 e. The SMILES string of the molecule is CCOC(=O)C(CSc1ccccc1)NC(=O)CC(C)C. The average molecular weight is 309 g/mol. The van der Waals surface area contributed by atoms with Gasteiger partial charge in [-0.3, -0.25) is 4.79 Å². The predicted molar refractivity (Wildman–Crippen MR) is 85.2 cm³/mol. The molecule has 0 spiro atoms. The highest BCUT2D eigenvalue weighted by Gasteiger charge is 2.22. The van der Waals surface area contributed by atoms with Crippen molar-refractivity contribution in [2.24, 2.45) is 5.92 Å². The second kappa shape index (κ2) is 9.45. The van der Waals surface area contributed by atoms with Crippen molar-refractivity contribution in [1.82, 2.24) is 5.32 Å². The van der Waals surface area contributed by atoms with Crippen LogP contribution < -0.4 is 5.32 Å². The zero-order valence-corrected chi connectivity index (χ0v) is 13.6. The molecule has 0 aliphatic carbocycles. The van der Waals surface area contributed by atoms with Crippen LogP contribution in [0.3, 0.4) is 0 Å². The lowest BCUT2D eigenvalue weighted by molar-refractivity contribution is -0.146. The molecule has 116 valence electrons. The van der Waals surface area contributed by atoms with E-state index in [1.807, 2.05) is 44.2 Å². The third-order valence-corrected chi connectivity index (χ3v) is 3.77. The first-order chi connectivity index (χ1) is 10.0. The van der Waals surface area contributed by atoms with Crippen LogP contribution in [-0.2, 0) is 14.3 Å². The Morgan fingerprint density at radius 1 is 1.24 bits per heavy atom. The molecule has 1 N–H and O–H groups in total. The molecule has 1 atom stereocenters. The topological polar surface area (TPSA) is 55.4 Å². The number of nitrogens with one attached hydrogen (secondary N) is 1. The normalized spacial score (nSPS) is 12.0. The molecule has 1 unspecified atom stereocenters.